The van der Waals surface area contributed by atoms with Crippen LogP contribution in [-0.4, -0.2) is 34.1 Å². The van der Waals surface area contributed by atoms with E-state index < -0.39 is 0 Å². The summed E-state index contributed by atoms with van der Waals surface area (Å²) in [5.41, 5.74) is 0. The summed E-state index contributed by atoms with van der Waals surface area (Å²) in [6.07, 6.45) is 6.28. The van der Waals surface area contributed by atoms with E-state index in [2.05, 4.69) is 31.7 Å². The third-order valence-electron chi connectivity index (χ3n) is 3.79. The number of thiazole rings is 1. The predicted octanol–water partition coefficient (Wildman–Crippen LogP) is 2.77. The zero-order valence-corrected chi connectivity index (χ0v) is 14.4. The second kappa shape index (κ2) is 8.04. The van der Waals surface area contributed by atoms with Crippen LogP contribution >= 0.6 is 11.3 Å². The average molecular weight is 344 g/mol. The number of ether oxygens (including phenoxy) is 1. The van der Waals surface area contributed by atoms with Crippen LogP contribution in [0.2, 0.25) is 0 Å². The molecule has 126 valence electrons. The fourth-order valence-corrected chi connectivity index (χ4v) is 3.27. The van der Waals surface area contributed by atoms with Crippen molar-refractivity contribution in [2.45, 2.75) is 38.6 Å². The highest BCUT2D eigenvalue weighted by Crippen LogP contribution is 2.23. The van der Waals surface area contributed by atoms with Gasteiger partial charge in [0.1, 0.15) is 22.6 Å². The number of aryl methyl sites for hydroxylation is 1. The summed E-state index contributed by atoms with van der Waals surface area (Å²) >= 11 is 1.28. The second-order valence-electron chi connectivity index (χ2n) is 5.69. The Labute approximate surface area is 145 Å². The first-order valence-electron chi connectivity index (χ1n) is 8.08. The predicted molar refractivity (Wildman–Crippen MR) is 92.6 cm³/mol. The molecule has 0 radical (unpaired) electrons. The van der Waals surface area contributed by atoms with Crippen LogP contribution in [0.25, 0.3) is 0 Å². The molecule has 2 aromatic rings. The van der Waals surface area contributed by atoms with E-state index >= 15 is 0 Å². The molecule has 1 fully saturated rings. The smallest absolute Gasteiger partial charge is 0.218 e. The van der Waals surface area contributed by atoms with Gasteiger partial charge in [0, 0.05) is 12.1 Å². The summed E-state index contributed by atoms with van der Waals surface area (Å²) in [7, 11) is 0. The van der Waals surface area contributed by atoms with Gasteiger partial charge in [-0.2, -0.15) is 10.2 Å². The Bertz CT molecular complexity index is 720. The first-order chi connectivity index (χ1) is 11.7. The van der Waals surface area contributed by atoms with Crippen molar-refractivity contribution >= 4 is 22.3 Å². The molecule has 0 aliphatic carbocycles. The molecule has 0 saturated carbocycles. The summed E-state index contributed by atoms with van der Waals surface area (Å²) in [5, 5.41) is 16.1. The Kier molecular flexibility index (Phi) is 5.56. The first-order valence-corrected chi connectivity index (χ1v) is 8.89. The topological polar surface area (TPSA) is 95.8 Å². The summed E-state index contributed by atoms with van der Waals surface area (Å²) in [6.45, 7) is 3.55. The standard InChI is InChI=1S/C16H20N6OS/c1-11-20-14(22-16-19-10-13(9-17)24-16)8-15(21-11)23-7-5-12-4-2-3-6-18-12/h8,10,12,18H,2-7H2,1H3,(H,19,20,21,22). The van der Waals surface area contributed by atoms with Crippen molar-refractivity contribution in [3.05, 3.63) is 23.0 Å². The van der Waals surface area contributed by atoms with E-state index in [4.69, 9.17) is 10.00 Å². The summed E-state index contributed by atoms with van der Waals surface area (Å²) < 4.78 is 5.79. The Balaban J connectivity index is 1.57. The Morgan fingerprint density at radius 2 is 2.38 bits per heavy atom. The minimum atomic E-state index is 0.541. The fourth-order valence-electron chi connectivity index (χ4n) is 2.65. The number of hydrogen-bond donors (Lipinski definition) is 2. The molecule has 0 spiro atoms. The number of rotatable bonds is 6. The van der Waals surface area contributed by atoms with Crippen LogP contribution in [0.1, 0.15) is 36.4 Å². The first kappa shape index (κ1) is 16.6. The molecule has 2 N–H and O–H groups in total. The Hall–Kier alpha value is -2.24. The maximum Gasteiger partial charge on any atom is 0.218 e. The van der Waals surface area contributed by atoms with E-state index in [1.54, 1.807) is 6.07 Å². The lowest BCUT2D eigenvalue weighted by Gasteiger charge is -2.23. The van der Waals surface area contributed by atoms with E-state index in [9.17, 15) is 0 Å². The number of piperidine rings is 1. The highest BCUT2D eigenvalue weighted by molar-refractivity contribution is 7.16. The van der Waals surface area contributed by atoms with Crippen LogP contribution in [0.4, 0.5) is 10.9 Å². The Morgan fingerprint density at radius 3 is 3.12 bits per heavy atom. The van der Waals surface area contributed by atoms with Gasteiger partial charge < -0.3 is 15.4 Å². The molecule has 0 aromatic carbocycles. The quantitative estimate of drug-likeness (QED) is 0.832. The molecule has 8 heteroatoms. The second-order valence-corrected chi connectivity index (χ2v) is 6.72. The summed E-state index contributed by atoms with van der Waals surface area (Å²) in [5.74, 6) is 1.80. The molecular formula is C16H20N6OS. The number of nitrogens with one attached hydrogen (secondary N) is 2. The average Bonchev–Trinajstić information content (AvgIpc) is 3.03. The van der Waals surface area contributed by atoms with Gasteiger partial charge in [0.15, 0.2) is 5.13 Å². The minimum absolute atomic E-state index is 0.541. The summed E-state index contributed by atoms with van der Waals surface area (Å²) in [6, 6.07) is 4.37. The molecule has 1 unspecified atom stereocenters. The monoisotopic (exact) mass is 344 g/mol. The molecule has 1 atom stereocenters. The zero-order chi connectivity index (χ0) is 16.8. The molecule has 1 aliphatic rings. The van der Waals surface area contributed by atoms with E-state index in [1.165, 1.54) is 36.8 Å². The van der Waals surface area contributed by atoms with Gasteiger partial charge in [0.25, 0.3) is 0 Å². The molecule has 7 nitrogen and oxygen atoms in total. The van der Waals surface area contributed by atoms with Gasteiger partial charge in [0.2, 0.25) is 5.88 Å². The molecule has 0 bridgehead atoms. The molecule has 24 heavy (non-hydrogen) atoms. The van der Waals surface area contributed by atoms with Crippen molar-refractivity contribution < 1.29 is 4.74 Å². The lowest BCUT2D eigenvalue weighted by atomic mass is 10.0. The number of nitriles is 1. The third-order valence-corrected chi connectivity index (χ3v) is 4.61. The molecule has 3 rings (SSSR count). The van der Waals surface area contributed by atoms with Gasteiger partial charge in [-0.1, -0.05) is 17.8 Å². The third kappa shape index (κ3) is 4.63. The highest BCUT2D eigenvalue weighted by Gasteiger charge is 2.13. The van der Waals surface area contributed by atoms with Gasteiger partial charge in [-0.15, -0.1) is 0 Å². The van der Waals surface area contributed by atoms with E-state index in [1.807, 2.05) is 6.92 Å². The van der Waals surface area contributed by atoms with Gasteiger partial charge in [-0.05, 0) is 32.7 Å². The van der Waals surface area contributed by atoms with Crippen molar-refractivity contribution in [2.24, 2.45) is 0 Å². The number of aromatic nitrogens is 3. The van der Waals surface area contributed by atoms with Crippen molar-refractivity contribution in [1.29, 1.82) is 5.26 Å². The number of anilines is 2. The normalized spacial score (nSPS) is 17.2. The number of hydrogen-bond acceptors (Lipinski definition) is 8. The van der Waals surface area contributed by atoms with Crippen molar-refractivity contribution in [1.82, 2.24) is 20.3 Å². The van der Waals surface area contributed by atoms with Gasteiger partial charge in [-0.25, -0.2) is 9.97 Å². The molecule has 1 saturated heterocycles. The fraction of sp³-hybridized carbons (Fsp3) is 0.500. The van der Waals surface area contributed by atoms with Crippen molar-refractivity contribution in [3.63, 3.8) is 0 Å². The van der Waals surface area contributed by atoms with Crippen LogP contribution in [-0.2, 0) is 0 Å². The van der Waals surface area contributed by atoms with Gasteiger partial charge >= 0.3 is 0 Å². The maximum absolute atomic E-state index is 8.85. The SMILES string of the molecule is Cc1nc(Nc2ncc(C#N)s2)cc(OCCC2CCCCN2)n1. The number of nitrogens with zero attached hydrogens (tertiary/aromatic N) is 4. The Morgan fingerprint density at radius 1 is 1.46 bits per heavy atom. The van der Waals surface area contributed by atoms with Crippen LogP contribution in [0.3, 0.4) is 0 Å². The zero-order valence-electron chi connectivity index (χ0n) is 13.6. The molecule has 0 amide bonds. The van der Waals surface area contributed by atoms with Gasteiger partial charge in [0.05, 0.1) is 12.8 Å². The van der Waals surface area contributed by atoms with Crippen molar-refractivity contribution in [2.75, 3.05) is 18.5 Å². The lowest BCUT2D eigenvalue weighted by Crippen LogP contribution is -2.35. The molecule has 1 aliphatic heterocycles. The van der Waals surface area contributed by atoms with Crippen LogP contribution in [0.5, 0.6) is 5.88 Å². The van der Waals surface area contributed by atoms with Crippen LogP contribution in [0.15, 0.2) is 12.3 Å². The lowest BCUT2D eigenvalue weighted by molar-refractivity contribution is 0.260. The molecule has 2 aromatic heterocycles. The van der Waals surface area contributed by atoms with E-state index in [0.717, 1.165) is 13.0 Å². The van der Waals surface area contributed by atoms with Gasteiger partial charge in [-0.3, -0.25) is 0 Å². The molecule has 3 heterocycles. The van der Waals surface area contributed by atoms with Crippen LogP contribution < -0.4 is 15.4 Å². The molecular weight excluding hydrogens is 324 g/mol. The van der Waals surface area contributed by atoms with Crippen LogP contribution in [0, 0.1) is 18.3 Å². The van der Waals surface area contributed by atoms with E-state index in [-0.39, 0.29) is 0 Å². The largest absolute Gasteiger partial charge is 0.477 e. The minimum Gasteiger partial charge on any atom is -0.477 e. The van der Waals surface area contributed by atoms with Crippen molar-refractivity contribution in [3.8, 4) is 11.9 Å². The summed E-state index contributed by atoms with van der Waals surface area (Å²) in [4.78, 5) is 13.3. The highest BCUT2D eigenvalue weighted by atomic mass is 32.1. The maximum atomic E-state index is 8.85. The van der Waals surface area contributed by atoms with E-state index in [0.29, 0.717) is 40.2 Å².